The molecule has 0 heterocycles. The normalized spacial score (nSPS) is 42.1. The van der Waals surface area contributed by atoms with Crippen LogP contribution >= 0.6 is 0 Å². The third kappa shape index (κ3) is 3.47. The molecule has 0 aromatic carbocycles. The number of ketones is 1. The zero-order valence-corrected chi connectivity index (χ0v) is 21.3. The highest BCUT2D eigenvalue weighted by Crippen LogP contribution is 2.71. The van der Waals surface area contributed by atoms with Gasteiger partial charge in [0.2, 0.25) is 0 Å². The van der Waals surface area contributed by atoms with Gasteiger partial charge in [-0.2, -0.15) is 0 Å². The van der Waals surface area contributed by atoms with Crippen LogP contribution in [0.5, 0.6) is 0 Å². The molecular formula is C28H42O6. The molecule has 0 saturated heterocycles. The first-order chi connectivity index (χ1) is 16.0. The van der Waals surface area contributed by atoms with Gasteiger partial charge in [-0.15, -0.1) is 0 Å². The van der Waals surface area contributed by atoms with Gasteiger partial charge in [-0.05, 0) is 54.1 Å². The molecule has 4 aliphatic carbocycles. The number of aliphatic hydroxyl groups is 3. The lowest BCUT2D eigenvalue weighted by Gasteiger charge is -2.48. The Morgan fingerprint density at radius 2 is 1.88 bits per heavy atom. The molecule has 8 atom stereocenters. The zero-order chi connectivity index (χ0) is 25.1. The smallest absolute Gasteiger partial charge is 0.306 e. The Balaban J connectivity index is 1.69. The Morgan fingerprint density at radius 3 is 2.53 bits per heavy atom. The van der Waals surface area contributed by atoms with Gasteiger partial charge in [0.1, 0.15) is 6.10 Å². The van der Waals surface area contributed by atoms with E-state index in [0.29, 0.717) is 17.9 Å². The van der Waals surface area contributed by atoms with Crippen molar-refractivity contribution in [2.24, 2.45) is 34.5 Å². The number of hydrogen-bond donors (Lipinski definition) is 3. The minimum atomic E-state index is -2.05. The van der Waals surface area contributed by atoms with Crippen molar-refractivity contribution in [3.63, 3.8) is 0 Å². The molecule has 6 heteroatoms. The first kappa shape index (κ1) is 25.6. The number of unbranched alkanes of at least 4 members (excludes halogenated alkanes) is 4. The highest BCUT2D eigenvalue weighted by Gasteiger charge is 2.76. The van der Waals surface area contributed by atoms with E-state index in [9.17, 15) is 24.9 Å². The number of Topliss-reactive ketones (excluding diaryl/α,β-unsaturated/α-hetero) is 1. The Morgan fingerprint density at radius 1 is 1.21 bits per heavy atom. The van der Waals surface area contributed by atoms with Gasteiger partial charge in [0.15, 0.2) is 17.5 Å². The number of allylic oxidation sites excluding steroid dienone is 1. The van der Waals surface area contributed by atoms with Crippen molar-refractivity contribution in [1.82, 2.24) is 0 Å². The molecule has 2 saturated carbocycles. The lowest BCUT2D eigenvalue weighted by Crippen LogP contribution is -2.65. The van der Waals surface area contributed by atoms with Crippen LogP contribution in [0.15, 0.2) is 23.3 Å². The molecular weight excluding hydrogens is 432 g/mol. The second-order valence-corrected chi connectivity index (χ2v) is 11.9. The van der Waals surface area contributed by atoms with Crippen molar-refractivity contribution in [3.8, 4) is 0 Å². The van der Waals surface area contributed by atoms with Crippen LogP contribution in [0.1, 0.15) is 79.6 Å². The average Bonchev–Trinajstić information content (AvgIpc) is 3.27. The van der Waals surface area contributed by atoms with Crippen LogP contribution in [0.4, 0.5) is 0 Å². The maximum absolute atomic E-state index is 14.3. The van der Waals surface area contributed by atoms with E-state index >= 15 is 0 Å². The summed E-state index contributed by atoms with van der Waals surface area (Å²) in [7, 11) is 0. The topological polar surface area (TPSA) is 104 Å². The molecule has 3 N–H and O–H groups in total. The van der Waals surface area contributed by atoms with Crippen LogP contribution in [-0.4, -0.2) is 51.5 Å². The highest BCUT2D eigenvalue weighted by molar-refractivity contribution is 5.95. The fraction of sp³-hybridized carbons (Fsp3) is 0.786. The van der Waals surface area contributed by atoms with E-state index < -0.39 is 41.7 Å². The molecule has 34 heavy (non-hydrogen) atoms. The van der Waals surface area contributed by atoms with Crippen molar-refractivity contribution in [3.05, 3.63) is 23.3 Å². The Bertz CT molecular complexity index is 903. The summed E-state index contributed by atoms with van der Waals surface area (Å²) in [4.78, 5) is 27.1. The van der Waals surface area contributed by atoms with Gasteiger partial charge in [-0.3, -0.25) is 9.59 Å². The minimum Gasteiger partial charge on any atom is -0.455 e. The van der Waals surface area contributed by atoms with E-state index in [0.717, 1.165) is 32.1 Å². The van der Waals surface area contributed by atoms with E-state index in [2.05, 4.69) is 20.8 Å². The number of hydrogen-bond acceptors (Lipinski definition) is 6. The summed E-state index contributed by atoms with van der Waals surface area (Å²) in [6.45, 7) is 9.74. The van der Waals surface area contributed by atoms with Crippen LogP contribution in [0.2, 0.25) is 0 Å². The van der Waals surface area contributed by atoms with Crippen LogP contribution in [0.25, 0.3) is 0 Å². The van der Waals surface area contributed by atoms with Crippen LogP contribution in [0.3, 0.4) is 0 Å². The van der Waals surface area contributed by atoms with Gasteiger partial charge in [-0.1, -0.05) is 65.5 Å². The maximum Gasteiger partial charge on any atom is 0.306 e. The van der Waals surface area contributed by atoms with Crippen molar-refractivity contribution in [1.29, 1.82) is 0 Å². The third-order valence-electron chi connectivity index (χ3n) is 9.63. The predicted octanol–water partition coefficient (Wildman–Crippen LogP) is 3.73. The van der Waals surface area contributed by atoms with Crippen LogP contribution in [0, 0.1) is 34.5 Å². The number of ether oxygens (including phenoxy) is 1. The monoisotopic (exact) mass is 474 g/mol. The maximum atomic E-state index is 14.3. The summed E-state index contributed by atoms with van der Waals surface area (Å²) < 4.78 is 5.85. The summed E-state index contributed by atoms with van der Waals surface area (Å²) >= 11 is 0. The summed E-state index contributed by atoms with van der Waals surface area (Å²) in [6, 6.07) is 0. The van der Waals surface area contributed by atoms with Crippen molar-refractivity contribution in [2.45, 2.75) is 97.4 Å². The van der Waals surface area contributed by atoms with Crippen LogP contribution in [-0.2, 0) is 14.3 Å². The first-order valence-corrected chi connectivity index (χ1v) is 13.1. The van der Waals surface area contributed by atoms with Crippen molar-refractivity contribution >= 4 is 11.8 Å². The third-order valence-corrected chi connectivity index (χ3v) is 9.63. The second-order valence-electron chi connectivity index (χ2n) is 11.9. The molecule has 0 amide bonds. The fourth-order valence-electron chi connectivity index (χ4n) is 7.66. The Hall–Kier alpha value is -1.50. The Labute approximate surface area is 203 Å². The summed E-state index contributed by atoms with van der Waals surface area (Å²) in [5.41, 5.74) is -2.60. The number of carbonyl (C=O) groups excluding carboxylic acids is 2. The predicted molar refractivity (Wildman–Crippen MR) is 129 cm³/mol. The van der Waals surface area contributed by atoms with E-state index in [1.54, 1.807) is 19.1 Å². The van der Waals surface area contributed by atoms with Crippen LogP contribution < -0.4 is 0 Å². The zero-order valence-electron chi connectivity index (χ0n) is 21.3. The van der Waals surface area contributed by atoms with E-state index in [1.807, 2.05) is 6.92 Å². The minimum absolute atomic E-state index is 0.0122. The molecule has 4 rings (SSSR count). The molecule has 4 aliphatic rings. The molecule has 2 fully saturated rings. The lowest BCUT2D eigenvalue weighted by molar-refractivity contribution is -0.203. The first-order valence-electron chi connectivity index (χ1n) is 13.1. The van der Waals surface area contributed by atoms with Gasteiger partial charge in [-0.25, -0.2) is 0 Å². The molecule has 2 bridgehead atoms. The van der Waals surface area contributed by atoms with Gasteiger partial charge in [0.25, 0.3) is 0 Å². The molecule has 0 radical (unpaired) electrons. The number of aliphatic hydroxyl groups excluding tert-OH is 2. The standard InChI is InChI=1S/C28H42O6/c1-6-7-8-9-10-11-21(30)34-25-16(2)14-27-17(3)12-20-22(26(20,4)5)19(24(27)32)13-18(15-29)23(31)28(25,27)33/h13-14,17,19-20,22-23,25,29,31,33H,6-12,15H2,1-5H3/t17-,19-,20-,22+,23-,25+,27+,28+/m1/s1. The lowest BCUT2D eigenvalue weighted by atomic mass is 9.59. The second kappa shape index (κ2) is 8.86. The SMILES string of the molecule is CCCCCCCC(=O)O[C@H]1C(C)=C[C@]23C(=O)[C@H](C=C(CO)[C@@H](O)[C@]12O)[C@H]1[C@@H](C[C@H]3C)C1(C)C. The Kier molecular flexibility index (Phi) is 6.67. The quantitative estimate of drug-likeness (QED) is 0.281. The summed E-state index contributed by atoms with van der Waals surface area (Å²) in [5.74, 6) is -0.868. The van der Waals surface area contributed by atoms with Gasteiger partial charge in [0.05, 0.1) is 12.0 Å². The molecule has 6 nitrogen and oxygen atoms in total. The molecule has 0 aromatic heterocycles. The fourth-order valence-corrected chi connectivity index (χ4v) is 7.66. The van der Waals surface area contributed by atoms with Gasteiger partial charge >= 0.3 is 5.97 Å². The summed E-state index contributed by atoms with van der Waals surface area (Å²) in [6.07, 6.45) is 6.78. The van der Waals surface area contributed by atoms with E-state index in [4.69, 9.17) is 4.74 Å². The number of esters is 1. The van der Waals surface area contributed by atoms with Crippen molar-refractivity contribution < 1.29 is 29.6 Å². The molecule has 0 aromatic rings. The largest absolute Gasteiger partial charge is 0.455 e. The average molecular weight is 475 g/mol. The number of carbonyl (C=O) groups is 2. The number of fused-ring (bicyclic) bond motifs is 3. The number of rotatable bonds is 8. The van der Waals surface area contributed by atoms with E-state index in [-0.39, 0.29) is 35.0 Å². The van der Waals surface area contributed by atoms with Gasteiger partial charge < -0.3 is 20.1 Å². The van der Waals surface area contributed by atoms with E-state index in [1.165, 1.54) is 0 Å². The highest BCUT2D eigenvalue weighted by atomic mass is 16.6. The molecule has 0 unspecified atom stereocenters. The van der Waals surface area contributed by atoms with Gasteiger partial charge in [0, 0.05) is 12.3 Å². The molecule has 1 spiro atoms. The molecule has 0 aliphatic heterocycles. The molecule has 190 valence electrons. The van der Waals surface area contributed by atoms with Crippen molar-refractivity contribution in [2.75, 3.05) is 6.61 Å². The summed E-state index contributed by atoms with van der Waals surface area (Å²) in [5, 5.41) is 34.0.